The number of hydrogen-bond acceptors (Lipinski definition) is 3. The quantitative estimate of drug-likeness (QED) is 0.416. The summed E-state index contributed by atoms with van der Waals surface area (Å²) in [5.74, 6) is -0.462. The molecule has 0 bridgehead atoms. The summed E-state index contributed by atoms with van der Waals surface area (Å²) in [5, 5.41) is 2.33. The smallest absolute Gasteiger partial charge is 0.324 e. The minimum atomic E-state index is -2.19. The lowest BCUT2D eigenvalue weighted by Gasteiger charge is -2.25. The first-order valence-electron chi connectivity index (χ1n) is 7.61. The fraction of sp³-hybridized carbons (Fsp3) is 0.733. The zero-order chi connectivity index (χ0) is 17.6. The van der Waals surface area contributed by atoms with E-state index in [1.807, 2.05) is 0 Å². The van der Waals surface area contributed by atoms with Gasteiger partial charge in [0, 0.05) is 32.9 Å². The third-order valence-corrected chi connectivity index (χ3v) is 6.29. The monoisotopic (exact) mass is 346 g/mol. The molecule has 0 unspecified atom stereocenters. The van der Waals surface area contributed by atoms with E-state index in [4.69, 9.17) is 0 Å². The highest BCUT2D eigenvalue weighted by Gasteiger charge is 2.20. The van der Waals surface area contributed by atoms with E-state index < -0.39 is 27.2 Å². The lowest BCUT2D eigenvalue weighted by Crippen LogP contribution is -2.45. The van der Waals surface area contributed by atoms with Crippen molar-refractivity contribution in [1.82, 2.24) is 10.2 Å². The molecule has 7 heteroatoms. The molecule has 0 fully saturated rings. The van der Waals surface area contributed by atoms with Crippen molar-refractivity contribution in [2.75, 3.05) is 32.6 Å². The number of urea groups is 1. The molecule has 0 rings (SSSR count). The second-order valence-corrected chi connectivity index (χ2v) is 16.7. The highest BCUT2D eigenvalue weighted by atomic mass is 31.2. The SMILES string of the molecule is C=C(C)C(=O)NC(=O)N(CCC[Si](C)(C)C)CCP(C)(C)=O. The predicted octanol–water partition coefficient (Wildman–Crippen LogP) is 3.45. The Kier molecular flexibility index (Phi) is 8.33. The van der Waals surface area contributed by atoms with Gasteiger partial charge in [-0.15, -0.1) is 0 Å². The van der Waals surface area contributed by atoms with Gasteiger partial charge in [-0.1, -0.05) is 32.3 Å². The number of nitrogens with one attached hydrogen (secondary N) is 1. The average molecular weight is 346 g/mol. The summed E-state index contributed by atoms with van der Waals surface area (Å²) < 4.78 is 11.9. The Balaban J connectivity index is 4.69. The van der Waals surface area contributed by atoms with Crippen LogP contribution in [-0.4, -0.2) is 57.5 Å². The number of hydrogen-bond donors (Lipinski definition) is 1. The van der Waals surface area contributed by atoms with Crippen molar-refractivity contribution < 1.29 is 14.2 Å². The summed E-state index contributed by atoms with van der Waals surface area (Å²) in [6, 6.07) is 0.693. The van der Waals surface area contributed by atoms with Gasteiger partial charge in [0.2, 0.25) is 0 Å². The van der Waals surface area contributed by atoms with E-state index in [0.29, 0.717) is 24.8 Å². The summed E-state index contributed by atoms with van der Waals surface area (Å²) in [7, 11) is -3.36. The molecule has 1 N–H and O–H groups in total. The third kappa shape index (κ3) is 10.8. The fourth-order valence-corrected chi connectivity index (χ4v) is 3.70. The molecular formula is C15H31N2O3PSi. The van der Waals surface area contributed by atoms with Crippen molar-refractivity contribution in [3.8, 4) is 0 Å². The second kappa shape index (κ2) is 8.68. The maximum Gasteiger partial charge on any atom is 0.324 e. The van der Waals surface area contributed by atoms with E-state index in [2.05, 4.69) is 31.5 Å². The van der Waals surface area contributed by atoms with Crippen LogP contribution >= 0.6 is 7.14 Å². The van der Waals surface area contributed by atoms with Crippen LogP contribution < -0.4 is 5.32 Å². The molecule has 0 saturated carbocycles. The van der Waals surface area contributed by atoms with Crippen LogP contribution in [0.2, 0.25) is 25.7 Å². The molecular weight excluding hydrogens is 315 g/mol. The van der Waals surface area contributed by atoms with E-state index >= 15 is 0 Å². The number of nitrogens with zero attached hydrogens (tertiary/aromatic N) is 1. The van der Waals surface area contributed by atoms with Gasteiger partial charge in [0.1, 0.15) is 0 Å². The van der Waals surface area contributed by atoms with Crippen molar-refractivity contribution in [3.63, 3.8) is 0 Å². The topological polar surface area (TPSA) is 66.5 Å². The standard InChI is InChI=1S/C15H31N2O3PSi/c1-13(2)14(18)16-15(19)17(10-11-21(3,4)20)9-8-12-22(5,6)7/h1,8-12H2,2-7H3,(H,16,18,19). The normalized spacial score (nSPS) is 11.9. The lowest BCUT2D eigenvalue weighted by molar-refractivity contribution is -0.116. The van der Waals surface area contributed by atoms with Gasteiger partial charge >= 0.3 is 6.03 Å². The van der Waals surface area contributed by atoms with Gasteiger partial charge in [-0.2, -0.15) is 0 Å². The van der Waals surface area contributed by atoms with E-state index in [0.717, 1.165) is 12.5 Å². The summed E-state index contributed by atoms with van der Waals surface area (Å²) >= 11 is 0. The van der Waals surface area contributed by atoms with Gasteiger partial charge in [0.15, 0.2) is 0 Å². The van der Waals surface area contributed by atoms with Crippen LogP contribution in [0.25, 0.3) is 0 Å². The Morgan fingerprint density at radius 1 is 1.18 bits per heavy atom. The number of imide groups is 1. The summed E-state index contributed by atoms with van der Waals surface area (Å²) in [6.07, 6.45) is 1.37. The van der Waals surface area contributed by atoms with Gasteiger partial charge in [0.05, 0.1) is 7.14 Å². The minimum absolute atomic E-state index is 0.298. The first kappa shape index (κ1) is 21.1. The predicted molar refractivity (Wildman–Crippen MR) is 97.0 cm³/mol. The summed E-state index contributed by atoms with van der Waals surface area (Å²) in [6.45, 7) is 16.4. The first-order chi connectivity index (χ1) is 9.82. The van der Waals surface area contributed by atoms with Crippen LogP contribution in [0.1, 0.15) is 13.3 Å². The van der Waals surface area contributed by atoms with Crippen LogP contribution in [0.4, 0.5) is 4.79 Å². The van der Waals surface area contributed by atoms with Crippen LogP contribution in [-0.2, 0) is 9.36 Å². The van der Waals surface area contributed by atoms with Crippen LogP contribution in [0.15, 0.2) is 12.2 Å². The molecule has 0 aliphatic carbocycles. The average Bonchev–Trinajstić information content (AvgIpc) is 2.30. The molecule has 0 saturated heterocycles. The zero-order valence-corrected chi connectivity index (χ0v) is 16.8. The Morgan fingerprint density at radius 3 is 2.14 bits per heavy atom. The number of carbonyl (C=O) groups is 2. The number of carbonyl (C=O) groups excluding carboxylic acids is 2. The molecule has 5 nitrogen and oxygen atoms in total. The van der Waals surface area contributed by atoms with Gasteiger partial charge in [-0.05, 0) is 26.7 Å². The second-order valence-electron chi connectivity index (χ2n) is 7.49. The lowest BCUT2D eigenvalue weighted by atomic mass is 10.3. The Morgan fingerprint density at radius 2 is 1.73 bits per heavy atom. The van der Waals surface area contributed by atoms with Crippen LogP contribution in [0.3, 0.4) is 0 Å². The molecule has 3 amide bonds. The van der Waals surface area contributed by atoms with E-state index in [1.54, 1.807) is 25.2 Å². The van der Waals surface area contributed by atoms with Gasteiger partial charge < -0.3 is 9.46 Å². The fourth-order valence-electron chi connectivity index (χ4n) is 1.76. The van der Waals surface area contributed by atoms with Crippen molar-refractivity contribution in [2.24, 2.45) is 0 Å². The highest BCUT2D eigenvalue weighted by molar-refractivity contribution is 7.62. The molecule has 0 aliphatic rings. The number of rotatable bonds is 8. The molecule has 0 atom stereocenters. The maximum atomic E-state index is 12.2. The summed E-state index contributed by atoms with van der Waals surface area (Å²) in [5.41, 5.74) is 0.298. The van der Waals surface area contributed by atoms with Gasteiger partial charge in [-0.3, -0.25) is 10.1 Å². The molecule has 0 radical (unpaired) electrons. The van der Waals surface area contributed by atoms with E-state index in [-0.39, 0.29) is 0 Å². The zero-order valence-electron chi connectivity index (χ0n) is 14.9. The maximum absolute atomic E-state index is 12.2. The Labute approximate surface area is 135 Å². The molecule has 0 aromatic carbocycles. The minimum Gasteiger partial charge on any atom is -0.324 e. The Hall–Kier alpha value is -0.873. The molecule has 22 heavy (non-hydrogen) atoms. The molecule has 0 aliphatic heterocycles. The largest absolute Gasteiger partial charge is 0.324 e. The van der Waals surface area contributed by atoms with Gasteiger partial charge in [0.25, 0.3) is 5.91 Å². The molecule has 0 heterocycles. The molecule has 0 spiro atoms. The van der Waals surface area contributed by atoms with Gasteiger partial charge in [-0.25, -0.2) is 4.79 Å². The summed E-state index contributed by atoms with van der Waals surface area (Å²) in [4.78, 5) is 25.4. The van der Waals surface area contributed by atoms with Crippen molar-refractivity contribution in [1.29, 1.82) is 0 Å². The third-order valence-electron chi connectivity index (χ3n) is 3.16. The Bertz CT molecular complexity index is 466. The van der Waals surface area contributed by atoms with Crippen molar-refractivity contribution >= 4 is 27.2 Å². The van der Waals surface area contributed by atoms with Crippen molar-refractivity contribution in [2.45, 2.75) is 39.0 Å². The first-order valence-corrected chi connectivity index (χ1v) is 14.1. The van der Waals surface area contributed by atoms with Crippen LogP contribution in [0.5, 0.6) is 0 Å². The molecule has 0 aromatic rings. The number of amides is 3. The van der Waals surface area contributed by atoms with E-state index in [9.17, 15) is 14.2 Å². The highest BCUT2D eigenvalue weighted by Crippen LogP contribution is 2.35. The van der Waals surface area contributed by atoms with E-state index in [1.165, 1.54) is 0 Å². The van der Waals surface area contributed by atoms with Crippen molar-refractivity contribution in [3.05, 3.63) is 12.2 Å². The van der Waals surface area contributed by atoms with Crippen LogP contribution in [0, 0.1) is 0 Å². The molecule has 128 valence electrons. The molecule has 0 aromatic heterocycles.